The van der Waals surface area contributed by atoms with E-state index in [-0.39, 0.29) is 65.0 Å². The fraction of sp³-hybridized carbons (Fsp3) is 0.480. The Balaban J connectivity index is 0.000000623. The van der Waals surface area contributed by atoms with Crippen molar-refractivity contribution in [1.82, 2.24) is 25.6 Å². The highest BCUT2D eigenvalue weighted by Gasteiger charge is 2.35. The first kappa shape index (κ1) is 70.9. The van der Waals surface area contributed by atoms with Gasteiger partial charge >= 0.3 is 17.9 Å². The van der Waals surface area contributed by atoms with Crippen LogP contribution in [0.15, 0.2) is 91.0 Å². The minimum atomic E-state index is -1.24. The molecule has 3 aromatic carbocycles. The van der Waals surface area contributed by atoms with Gasteiger partial charge in [0.15, 0.2) is 0 Å². The molecular formula is C50H71N5O11S10. The summed E-state index contributed by atoms with van der Waals surface area (Å²) in [5.41, 5.74) is 3.00. The van der Waals surface area contributed by atoms with E-state index in [9.17, 15) is 43.5 Å². The number of hydrogen-bond donors (Lipinski definition) is 15. The number of rotatable bonds is 33. The van der Waals surface area contributed by atoms with Crippen LogP contribution in [0.1, 0.15) is 36.5 Å². The summed E-state index contributed by atoms with van der Waals surface area (Å²) in [5, 5.41) is 36.9. The van der Waals surface area contributed by atoms with E-state index < -0.39 is 58.4 Å². The lowest BCUT2D eigenvalue weighted by Gasteiger charge is -2.28. The molecule has 7 N–H and O–H groups in total. The molecule has 8 atom stereocenters. The lowest BCUT2D eigenvalue weighted by atomic mass is 9.99. The highest BCUT2D eigenvalue weighted by atomic mass is 32.2. The van der Waals surface area contributed by atoms with Crippen molar-refractivity contribution in [2.75, 3.05) is 58.4 Å². The molecular weight excluding hydrogens is 1170 g/mol. The van der Waals surface area contributed by atoms with Crippen molar-refractivity contribution in [3.8, 4) is 0 Å². The Kier molecular flexibility index (Phi) is 39.1. The van der Waals surface area contributed by atoms with E-state index in [1.807, 2.05) is 91.0 Å². The number of thioether (sulfide) groups is 1. The standard InChI is InChI=1S/C23H35N3O5S6.C14H19NO3S2.C13H17NO3S2/c1-15(22(29)26(14-35)36-10-7-19(27)24-8-9-32)37-18(13-34)20(23(30)31)25-21(28)17(12-33)11-16-5-3-2-4-6-16;16-13(15-12(6-7-19)14(17)18)11(9-20)8-10-4-2-1-3-5-10;15-12(14-11(8-19)13(16)17)10(7-18)6-9-4-2-1-3-5-9/h2-6,15,17-18,20,32-35H,7-14H2,1H3,(H,24,27)(H,25,28)(H,30,31);1-5,11-12,19-20H,6-9H2,(H,15,16)(H,17,18);1-5,10-11,18-19H,6-8H2,(H,14,15)(H,16,17)/t15-,17-,18+,20+;11?,12-;10?,11-/m100/s1. The Hall–Kier alpha value is -3.08. The van der Waals surface area contributed by atoms with Gasteiger partial charge in [-0.05, 0) is 67.0 Å². The predicted octanol–water partition coefficient (Wildman–Crippen LogP) is 5.50. The predicted molar refractivity (Wildman–Crippen MR) is 333 cm³/mol. The maximum Gasteiger partial charge on any atom is 0.327 e. The third kappa shape index (κ3) is 28.7. The van der Waals surface area contributed by atoms with E-state index in [1.54, 1.807) is 6.92 Å². The molecule has 26 heteroatoms. The number of benzene rings is 3. The summed E-state index contributed by atoms with van der Waals surface area (Å²) in [6.45, 7) is 2.15. The summed E-state index contributed by atoms with van der Waals surface area (Å²) >= 11 is 35.5. The maximum absolute atomic E-state index is 13.0. The molecule has 0 spiro atoms. The summed E-state index contributed by atoms with van der Waals surface area (Å²) in [4.78, 5) is 95.8. The number of aliphatic carboxylic acids is 3. The first-order valence-electron chi connectivity index (χ1n) is 23.8. The molecule has 0 bridgehead atoms. The van der Waals surface area contributed by atoms with Crippen LogP contribution < -0.4 is 21.3 Å². The number of carboxylic acids is 3. The highest BCUT2D eigenvalue weighted by Crippen LogP contribution is 2.27. The quantitative estimate of drug-likeness (QED) is 0.0205. The van der Waals surface area contributed by atoms with Crippen molar-refractivity contribution >= 4 is 172 Å². The second-order valence-corrected chi connectivity index (χ2v) is 22.2. The highest BCUT2D eigenvalue weighted by molar-refractivity contribution is 8.02. The van der Waals surface area contributed by atoms with E-state index in [2.05, 4.69) is 122 Å². The van der Waals surface area contributed by atoms with Gasteiger partial charge < -0.3 is 36.6 Å². The number of nitrogens with zero attached hydrogens (tertiary/aromatic N) is 1. The Morgan fingerprint density at radius 1 is 0.539 bits per heavy atom. The fourth-order valence-corrected chi connectivity index (χ4v) is 11.1. The molecule has 16 nitrogen and oxygen atoms in total. The minimum absolute atomic E-state index is 0.0612. The molecule has 0 radical (unpaired) electrons. The van der Waals surface area contributed by atoms with Crippen molar-refractivity contribution in [1.29, 1.82) is 0 Å². The molecule has 3 aromatic rings. The maximum atomic E-state index is 13.0. The van der Waals surface area contributed by atoms with Gasteiger partial charge in [0.25, 0.3) is 0 Å². The third-order valence-corrected chi connectivity index (χ3v) is 16.5. The van der Waals surface area contributed by atoms with Gasteiger partial charge in [-0.2, -0.15) is 101 Å². The summed E-state index contributed by atoms with van der Waals surface area (Å²) in [6.07, 6.45) is 2.05. The number of thiol groups is 8. The van der Waals surface area contributed by atoms with E-state index >= 15 is 0 Å². The zero-order valence-corrected chi connectivity index (χ0v) is 50.6. The molecule has 76 heavy (non-hydrogen) atoms. The monoisotopic (exact) mass is 1240 g/mol. The van der Waals surface area contributed by atoms with Crippen LogP contribution in [0.4, 0.5) is 0 Å². The molecule has 0 aromatic heterocycles. The number of hydrogen-bond acceptors (Lipinski definition) is 18. The first-order chi connectivity index (χ1) is 36.3. The second-order valence-electron chi connectivity index (χ2n) is 16.5. The van der Waals surface area contributed by atoms with Gasteiger partial charge in [-0.25, -0.2) is 14.4 Å². The Labute approximate surface area is 498 Å². The van der Waals surface area contributed by atoms with Gasteiger partial charge in [-0.15, -0.1) is 11.8 Å². The fourth-order valence-electron chi connectivity index (χ4n) is 6.61. The van der Waals surface area contributed by atoms with Crippen molar-refractivity contribution in [3.63, 3.8) is 0 Å². The van der Waals surface area contributed by atoms with Crippen LogP contribution in [0.25, 0.3) is 0 Å². The van der Waals surface area contributed by atoms with Crippen LogP contribution >= 0.6 is 125 Å². The van der Waals surface area contributed by atoms with Crippen molar-refractivity contribution in [2.24, 2.45) is 17.8 Å². The lowest BCUT2D eigenvalue weighted by Crippen LogP contribution is -2.51. The Morgan fingerprint density at radius 2 is 0.961 bits per heavy atom. The Bertz CT molecular complexity index is 2200. The summed E-state index contributed by atoms with van der Waals surface area (Å²) < 4.78 is 1.44. The molecule has 0 aliphatic carbocycles. The first-order valence-corrected chi connectivity index (χ1v) is 30.7. The molecule has 2 unspecified atom stereocenters. The van der Waals surface area contributed by atoms with Gasteiger partial charge in [0, 0.05) is 58.5 Å². The third-order valence-electron chi connectivity index (χ3n) is 10.8. The molecule has 3 rings (SSSR count). The molecule has 0 aliphatic heterocycles. The molecule has 422 valence electrons. The van der Waals surface area contributed by atoms with Crippen molar-refractivity contribution < 1.29 is 53.7 Å². The van der Waals surface area contributed by atoms with Crippen LogP contribution in [-0.2, 0) is 57.6 Å². The zero-order chi connectivity index (χ0) is 57.0. The van der Waals surface area contributed by atoms with Crippen molar-refractivity contribution in [2.45, 2.75) is 67.7 Å². The SMILES string of the molecule is C[C@@H](S[C@@H](CS)[C@H](NC(=O)[C@@H](CS)Cc1ccccc1)C(=O)O)C(=O)N(CS)SCCC(=O)NCCS.O=C(N[C@@H](CCS)C(=O)O)C(CS)Cc1ccccc1.O=C(N[C@@H](CS)C(=O)O)C(CS)Cc1ccccc1. The van der Waals surface area contributed by atoms with Gasteiger partial charge in [0.05, 0.1) is 28.9 Å². The molecule has 0 fully saturated rings. The number of nitrogens with one attached hydrogen (secondary N) is 4. The number of amides is 5. The van der Waals surface area contributed by atoms with Gasteiger partial charge in [-0.3, -0.25) is 28.3 Å². The number of carboxylic acid groups (broad SMARTS) is 3. The number of carbonyl (C=O) groups is 8. The van der Waals surface area contributed by atoms with Crippen LogP contribution in [0.5, 0.6) is 0 Å². The Morgan fingerprint density at radius 3 is 1.30 bits per heavy atom. The topological polar surface area (TPSA) is 249 Å². The average Bonchev–Trinajstić information content (AvgIpc) is 3.42. The normalized spacial score (nSPS) is 13.9. The van der Waals surface area contributed by atoms with Gasteiger partial charge in [-0.1, -0.05) is 91.0 Å². The van der Waals surface area contributed by atoms with Gasteiger partial charge in [0.1, 0.15) is 18.1 Å². The molecule has 0 aliphatic rings. The van der Waals surface area contributed by atoms with E-state index in [0.29, 0.717) is 61.0 Å². The van der Waals surface area contributed by atoms with E-state index in [1.165, 1.54) is 16.3 Å². The number of carbonyl (C=O) groups excluding carboxylic acids is 5. The van der Waals surface area contributed by atoms with Crippen LogP contribution in [0.2, 0.25) is 0 Å². The average molecular weight is 1240 g/mol. The summed E-state index contributed by atoms with van der Waals surface area (Å²) in [5.74, 6) is -3.30. The molecule has 0 saturated carbocycles. The minimum Gasteiger partial charge on any atom is -0.480 e. The lowest BCUT2D eigenvalue weighted by molar-refractivity contribution is -0.142. The second kappa shape index (κ2) is 41.9. The zero-order valence-electron chi connectivity index (χ0n) is 41.8. The largest absolute Gasteiger partial charge is 0.480 e. The smallest absolute Gasteiger partial charge is 0.327 e. The van der Waals surface area contributed by atoms with Gasteiger partial charge in [0.2, 0.25) is 29.5 Å². The summed E-state index contributed by atoms with van der Waals surface area (Å²) in [7, 11) is 0. The van der Waals surface area contributed by atoms with E-state index in [4.69, 9.17) is 10.2 Å². The van der Waals surface area contributed by atoms with E-state index in [0.717, 1.165) is 28.5 Å². The molecule has 0 heterocycles. The van der Waals surface area contributed by atoms with Crippen LogP contribution in [0, 0.1) is 17.8 Å². The molecule has 5 amide bonds. The van der Waals surface area contributed by atoms with Crippen molar-refractivity contribution in [3.05, 3.63) is 108 Å². The van der Waals surface area contributed by atoms with Crippen LogP contribution in [-0.4, -0.2) is 154 Å². The summed E-state index contributed by atoms with van der Waals surface area (Å²) in [6, 6.07) is 25.5. The molecule has 0 saturated heterocycles. The van der Waals surface area contributed by atoms with Crippen LogP contribution in [0.3, 0.4) is 0 Å².